The number of hydrogen-bond donors (Lipinski definition) is 7. The molecule has 0 saturated heterocycles. The van der Waals surface area contributed by atoms with Crippen LogP contribution in [0, 0.1) is 0 Å². The van der Waals surface area contributed by atoms with Gasteiger partial charge in [0.1, 0.15) is 12.1 Å². The van der Waals surface area contributed by atoms with Gasteiger partial charge in [-0.2, -0.15) is 0 Å². The topological polar surface area (TPSA) is 172 Å². The van der Waals surface area contributed by atoms with E-state index in [1.165, 1.54) is 14.0 Å². The van der Waals surface area contributed by atoms with Crippen LogP contribution in [0.3, 0.4) is 0 Å². The first-order valence-electron chi connectivity index (χ1n) is 7.90. The average Bonchev–Trinajstić information content (AvgIpc) is 2.55. The van der Waals surface area contributed by atoms with Crippen LogP contribution in [0.1, 0.15) is 19.8 Å². The summed E-state index contributed by atoms with van der Waals surface area (Å²) in [5, 5.41) is 20.0. The van der Waals surface area contributed by atoms with Crippen molar-refractivity contribution in [2.24, 2.45) is 11.5 Å². The Morgan fingerprint density at radius 2 is 1.46 bits per heavy atom. The minimum atomic E-state index is -1.20. The summed E-state index contributed by atoms with van der Waals surface area (Å²) in [5.74, 6) is -1.52. The van der Waals surface area contributed by atoms with Gasteiger partial charge in [0.2, 0.25) is 17.7 Å². The fourth-order valence-corrected chi connectivity index (χ4v) is 2.10. The molecule has 0 aliphatic heterocycles. The first kappa shape index (κ1) is 22.2. The van der Waals surface area contributed by atoms with E-state index in [4.69, 9.17) is 11.5 Å². The SMILES string of the molecule is CNC(=O)C(CCN)NC(=O)C(NC(=O)C(CCN)NC)C(C)O. The van der Waals surface area contributed by atoms with Crippen molar-refractivity contribution in [2.75, 3.05) is 27.2 Å². The van der Waals surface area contributed by atoms with Crippen molar-refractivity contribution >= 4 is 17.7 Å². The van der Waals surface area contributed by atoms with Crippen molar-refractivity contribution in [1.82, 2.24) is 21.3 Å². The molecule has 10 heteroatoms. The van der Waals surface area contributed by atoms with Crippen LogP contribution in [0.5, 0.6) is 0 Å². The number of aliphatic hydroxyl groups is 1. The van der Waals surface area contributed by atoms with E-state index in [9.17, 15) is 19.5 Å². The summed E-state index contributed by atoms with van der Waals surface area (Å²) in [6, 6.07) is -2.62. The number of hydrogen-bond acceptors (Lipinski definition) is 7. The molecule has 3 amide bonds. The van der Waals surface area contributed by atoms with Gasteiger partial charge in [-0.25, -0.2) is 0 Å². The molecule has 0 heterocycles. The number of likely N-dealkylation sites (N-methyl/N-ethyl adjacent to an activating group) is 2. The van der Waals surface area contributed by atoms with Crippen LogP contribution >= 0.6 is 0 Å². The van der Waals surface area contributed by atoms with Crippen molar-refractivity contribution in [2.45, 2.75) is 44.0 Å². The van der Waals surface area contributed by atoms with Gasteiger partial charge in [-0.05, 0) is 39.9 Å². The normalized spacial score (nSPS) is 15.8. The van der Waals surface area contributed by atoms with Gasteiger partial charge >= 0.3 is 0 Å². The average molecular weight is 346 g/mol. The number of nitrogens with two attached hydrogens (primary N) is 2. The van der Waals surface area contributed by atoms with Crippen LogP contribution in [0.25, 0.3) is 0 Å². The van der Waals surface area contributed by atoms with Crippen LogP contribution < -0.4 is 32.7 Å². The Morgan fingerprint density at radius 1 is 0.917 bits per heavy atom. The van der Waals surface area contributed by atoms with Gasteiger partial charge in [0.05, 0.1) is 12.1 Å². The summed E-state index contributed by atoms with van der Waals surface area (Å²) in [5.41, 5.74) is 10.9. The predicted molar refractivity (Wildman–Crippen MR) is 89.8 cm³/mol. The summed E-state index contributed by atoms with van der Waals surface area (Å²) in [6.07, 6.45) is -0.532. The molecule has 0 saturated carbocycles. The molecule has 4 unspecified atom stereocenters. The fraction of sp³-hybridized carbons (Fsp3) is 0.786. The van der Waals surface area contributed by atoms with Crippen molar-refractivity contribution in [3.05, 3.63) is 0 Å². The van der Waals surface area contributed by atoms with Gasteiger partial charge in [0.15, 0.2) is 0 Å². The standard InChI is InChI=1S/C14H30N6O4/c1-8(21)11(20-13(23)9(17-2)4-6-15)14(24)19-10(5-7-16)12(22)18-3/h8-11,17,21H,4-7,15-16H2,1-3H3,(H,18,22)(H,19,24)(H,20,23). The highest BCUT2D eigenvalue weighted by Crippen LogP contribution is 2.00. The number of carbonyl (C=O) groups is 3. The molecular weight excluding hydrogens is 316 g/mol. The minimum Gasteiger partial charge on any atom is -0.391 e. The maximum Gasteiger partial charge on any atom is 0.245 e. The van der Waals surface area contributed by atoms with E-state index in [-0.39, 0.29) is 13.0 Å². The van der Waals surface area contributed by atoms with Crippen LogP contribution in [0.4, 0.5) is 0 Å². The van der Waals surface area contributed by atoms with Crippen LogP contribution in [-0.4, -0.2) is 74.2 Å². The molecule has 0 aromatic rings. The monoisotopic (exact) mass is 346 g/mol. The van der Waals surface area contributed by atoms with Gasteiger partial charge in [-0.15, -0.1) is 0 Å². The fourth-order valence-electron chi connectivity index (χ4n) is 2.10. The lowest BCUT2D eigenvalue weighted by Gasteiger charge is -2.26. The number of carbonyl (C=O) groups excluding carboxylic acids is 3. The number of nitrogens with one attached hydrogen (secondary N) is 4. The summed E-state index contributed by atoms with van der Waals surface area (Å²) >= 11 is 0. The lowest BCUT2D eigenvalue weighted by atomic mass is 10.1. The smallest absolute Gasteiger partial charge is 0.245 e. The first-order chi connectivity index (χ1) is 11.3. The third kappa shape index (κ3) is 7.21. The van der Waals surface area contributed by atoms with Gasteiger partial charge < -0.3 is 37.8 Å². The Balaban J connectivity index is 4.99. The molecule has 0 aliphatic carbocycles. The highest BCUT2D eigenvalue weighted by Gasteiger charge is 2.30. The highest BCUT2D eigenvalue weighted by molar-refractivity contribution is 5.93. The van der Waals surface area contributed by atoms with Crippen molar-refractivity contribution in [3.63, 3.8) is 0 Å². The molecule has 0 fully saturated rings. The van der Waals surface area contributed by atoms with Crippen molar-refractivity contribution in [3.8, 4) is 0 Å². The van der Waals surface area contributed by atoms with Crippen LogP contribution in [-0.2, 0) is 14.4 Å². The summed E-state index contributed by atoms with van der Waals surface area (Å²) in [7, 11) is 3.04. The molecule has 0 aromatic carbocycles. The molecular formula is C14H30N6O4. The maximum atomic E-state index is 12.3. The number of amides is 3. The molecule has 0 rings (SSSR count). The van der Waals surface area contributed by atoms with Gasteiger partial charge in [0.25, 0.3) is 0 Å². The minimum absolute atomic E-state index is 0.197. The van der Waals surface area contributed by atoms with E-state index in [1.54, 1.807) is 7.05 Å². The molecule has 0 aliphatic rings. The molecule has 0 radical (unpaired) electrons. The molecule has 0 bridgehead atoms. The number of aliphatic hydroxyl groups excluding tert-OH is 1. The Hall–Kier alpha value is -1.75. The molecule has 24 heavy (non-hydrogen) atoms. The maximum absolute atomic E-state index is 12.3. The van der Waals surface area contributed by atoms with Gasteiger partial charge in [-0.1, -0.05) is 0 Å². The second-order valence-electron chi connectivity index (χ2n) is 5.40. The van der Waals surface area contributed by atoms with Crippen molar-refractivity contribution in [1.29, 1.82) is 0 Å². The Bertz CT molecular complexity index is 418. The quantitative estimate of drug-likeness (QED) is 0.202. The summed E-state index contributed by atoms with van der Waals surface area (Å²) < 4.78 is 0. The summed E-state index contributed by atoms with van der Waals surface area (Å²) in [4.78, 5) is 36.2. The van der Waals surface area contributed by atoms with E-state index in [0.29, 0.717) is 13.0 Å². The Kier molecular flexibility index (Phi) is 10.9. The molecule has 9 N–H and O–H groups in total. The predicted octanol–water partition coefficient (Wildman–Crippen LogP) is -3.63. The van der Waals surface area contributed by atoms with E-state index in [2.05, 4.69) is 21.3 Å². The van der Waals surface area contributed by atoms with E-state index >= 15 is 0 Å². The van der Waals surface area contributed by atoms with E-state index in [0.717, 1.165) is 0 Å². The van der Waals surface area contributed by atoms with Crippen molar-refractivity contribution < 1.29 is 19.5 Å². The zero-order valence-corrected chi connectivity index (χ0v) is 14.5. The van der Waals surface area contributed by atoms with Crippen LogP contribution in [0.2, 0.25) is 0 Å². The van der Waals surface area contributed by atoms with Crippen LogP contribution in [0.15, 0.2) is 0 Å². The van der Waals surface area contributed by atoms with E-state index < -0.39 is 42.0 Å². The Labute approximate surface area is 142 Å². The largest absolute Gasteiger partial charge is 0.391 e. The lowest BCUT2D eigenvalue weighted by Crippen LogP contribution is -2.59. The summed E-state index contributed by atoms with van der Waals surface area (Å²) in [6.45, 7) is 1.86. The molecule has 0 aromatic heterocycles. The Morgan fingerprint density at radius 3 is 1.88 bits per heavy atom. The van der Waals surface area contributed by atoms with Gasteiger partial charge in [-0.3, -0.25) is 14.4 Å². The first-order valence-corrected chi connectivity index (χ1v) is 7.90. The molecule has 140 valence electrons. The third-order valence-electron chi connectivity index (χ3n) is 3.52. The molecule has 10 nitrogen and oxygen atoms in total. The third-order valence-corrected chi connectivity index (χ3v) is 3.52. The lowest BCUT2D eigenvalue weighted by molar-refractivity contribution is -0.134. The highest BCUT2D eigenvalue weighted by atomic mass is 16.3. The zero-order valence-electron chi connectivity index (χ0n) is 14.5. The van der Waals surface area contributed by atoms with E-state index in [1.807, 2.05) is 0 Å². The second kappa shape index (κ2) is 11.7. The number of rotatable bonds is 11. The second-order valence-corrected chi connectivity index (χ2v) is 5.40. The molecule has 0 spiro atoms. The van der Waals surface area contributed by atoms with Gasteiger partial charge in [0, 0.05) is 7.05 Å². The zero-order chi connectivity index (χ0) is 18.7. The molecule has 4 atom stereocenters.